The van der Waals surface area contributed by atoms with Gasteiger partial charge in [0.05, 0.1) is 12.7 Å². The summed E-state index contributed by atoms with van der Waals surface area (Å²) in [5.74, 6) is 0.0116. The number of pyridine rings is 1. The highest BCUT2D eigenvalue weighted by atomic mass is 35.5. The average Bonchev–Trinajstić information content (AvgIpc) is 2.27. The molecule has 0 aromatic carbocycles. The van der Waals surface area contributed by atoms with Crippen LogP contribution in [0.15, 0.2) is 29.3 Å². The SMILES string of the molecule is CCC(Cn1ccc(=O)cc1)C(O)CO.Cl. The van der Waals surface area contributed by atoms with Gasteiger partial charge in [0.1, 0.15) is 0 Å². The number of hydrogen-bond acceptors (Lipinski definition) is 3. The Hall–Kier alpha value is -0.840. The van der Waals surface area contributed by atoms with Crippen LogP contribution in [0.3, 0.4) is 0 Å². The minimum absolute atomic E-state index is 0. The Morgan fingerprint density at radius 3 is 2.38 bits per heavy atom. The highest BCUT2D eigenvalue weighted by Gasteiger charge is 2.16. The highest BCUT2D eigenvalue weighted by molar-refractivity contribution is 5.85. The second kappa shape index (κ2) is 7.44. The monoisotopic (exact) mass is 247 g/mol. The van der Waals surface area contributed by atoms with E-state index in [1.54, 1.807) is 12.4 Å². The van der Waals surface area contributed by atoms with Gasteiger partial charge < -0.3 is 14.8 Å². The summed E-state index contributed by atoms with van der Waals surface area (Å²) in [7, 11) is 0. The largest absolute Gasteiger partial charge is 0.394 e. The van der Waals surface area contributed by atoms with Gasteiger partial charge in [-0.25, -0.2) is 0 Å². The van der Waals surface area contributed by atoms with Gasteiger partial charge in [0.15, 0.2) is 5.43 Å². The van der Waals surface area contributed by atoms with Crippen LogP contribution in [0.2, 0.25) is 0 Å². The van der Waals surface area contributed by atoms with E-state index < -0.39 is 6.10 Å². The molecule has 16 heavy (non-hydrogen) atoms. The molecule has 1 rings (SSSR count). The molecule has 0 radical (unpaired) electrons. The molecule has 0 aliphatic heterocycles. The predicted octanol–water partition coefficient (Wildman–Crippen LogP) is 0.649. The number of nitrogens with zero attached hydrogens (tertiary/aromatic N) is 1. The molecule has 1 aromatic rings. The first kappa shape index (κ1) is 15.2. The Balaban J connectivity index is 0.00000225. The smallest absolute Gasteiger partial charge is 0.181 e. The number of aromatic nitrogens is 1. The van der Waals surface area contributed by atoms with Crippen molar-refractivity contribution in [2.24, 2.45) is 5.92 Å². The molecule has 0 aliphatic rings. The van der Waals surface area contributed by atoms with Gasteiger partial charge in [-0.15, -0.1) is 12.4 Å². The Bertz CT molecular complexity index is 333. The molecule has 0 amide bonds. The van der Waals surface area contributed by atoms with Crippen molar-refractivity contribution in [1.29, 1.82) is 0 Å². The Morgan fingerprint density at radius 2 is 1.94 bits per heavy atom. The van der Waals surface area contributed by atoms with Crippen LogP contribution >= 0.6 is 12.4 Å². The summed E-state index contributed by atoms with van der Waals surface area (Å²) in [6.45, 7) is 2.35. The first-order chi connectivity index (χ1) is 7.17. The van der Waals surface area contributed by atoms with Crippen molar-refractivity contribution in [3.8, 4) is 0 Å². The summed E-state index contributed by atoms with van der Waals surface area (Å²) in [6, 6.07) is 2.97. The lowest BCUT2D eigenvalue weighted by atomic mass is 10.00. The average molecular weight is 248 g/mol. The predicted molar refractivity (Wildman–Crippen MR) is 64.8 cm³/mol. The van der Waals surface area contributed by atoms with Crippen molar-refractivity contribution in [2.75, 3.05) is 6.61 Å². The molecule has 92 valence electrons. The molecule has 2 unspecified atom stereocenters. The molecule has 0 aliphatic carbocycles. The normalized spacial score (nSPS) is 13.9. The molecule has 0 saturated heterocycles. The lowest BCUT2D eigenvalue weighted by Crippen LogP contribution is -2.27. The summed E-state index contributed by atoms with van der Waals surface area (Å²) in [5, 5.41) is 18.4. The first-order valence-electron chi connectivity index (χ1n) is 5.12. The third-order valence-corrected chi connectivity index (χ3v) is 2.56. The number of halogens is 1. The molecule has 0 bridgehead atoms. The van der Waals surface area contributed by atoms with Gasteiger partial charge in [-0.2, -0.15) is 0 Å². The van der Waals surface area contributed by atoms with Gasteiger partial charge in [-0.05, 0) is 6.42 Å². The Morgan fingerprint density at radius 1 is 1.38 bits per heavy atom. The molecule has 0 spiro atoms. The quantitative estimate of drug-likeness (QED) is 0.803. The summed E-state index contributed by atoms with van der Waals surface area (Å²) in [6.07, 6.45) is 3.47. The lowest BCUT2D eigenvalue weighted by molar-refractivity contribution is 0.0387. The summed E-state index contributed by atoms with van der Waals surface area (Å²) >= 11 is 0. The van der Waals surface area contributed by atoms with Gasteiger partial charge in [0, 0.05) is 37.0 Å². The van der Waals surface area contributed by atoms with Crippen molar-refractivity contribution in [2.45, 2.75) is 26.0 Å². The number of rotatable bonds is 5. The molecule has 5 heteroatoms. The van der Waals surface area contributed by atoms with Crippen LogP contribution in [0.25, 0.3) is 0 Å². The molecule has 0 saturated carbocycles. The third-order valence-electron chi connectivity index (χ3n) is 2.56. The fourth-order valence-corrected chi connectivity index (χ4v) is 1.51. The van der Waals surface area contributed by atoms with E-state index in [1.165, 1.54) is 12.1 Å². The van der Waals surface area contributed by atoms with Crippen LogP contribution in [0.5, 0.6) is 0 Å². The van der Waals surface area contributed by atoms with Crippen LogP contribution < -0.4 is 5.43 Å². The van der Waals surface area contributed by atoms with E-state index in [4.69, 9.17) is 5.11 Å². The minimum Gasteiger partial charge on any atom is -0.394 e. The second-order valence-corrected chi connectivity index (χ2v) is 3.65. The molecule has 1 aromatic heterocycles. The molecule has 2 N–H and O–H groups in total. The van der Waals surface area contributed by atoms with Crippen molar-refractivity contribution >= 4 is 12.4 Å². The van der Waals surface area contributed by atoms with Crippen molar-refractivity contribution < 1.29 is 10.2 Å². The summed E-state index contributed by atoms with van der Waals surface area (Å²) in [5.41, 5.74) is -0.0259. The maximum atomic E-state index is 10.9. The summed E-state index contributed by atoms with van der Waals surface area (Å²) < 4.78 is 1.84. The van der Waals surface area contributed by atoms with E-state index in [9.17, 15) is 9.90 Å². The zero-order chi connectivity index (χ0) is 11.3. The number of aliphatic hydroxyl groups excluding tert-OH is 2. The Labute approximate surface area is 101 Å². The third kappa shape index (κ3) is 4.35. The van der Waals surface area contributed by atoms with E-state index in [0.717, 1.165) is 6.42 Å². The van der Waals surface area contributed by atoms with Gasteiger partial charge in [-0.3, -0.25) is 4.79 Å². The van der Waals surface area contributed by atoms with E-state index >= 15 is 0 Å². The molecule has 1 heterocycles. The second-order valence-electron chi connectivity index (χ2n) is 3.65. The van der Waals surface area contributed by atoms with Gasteiger partial charge in [0.25, 0.3) is 0 Å². The maximum absolute atomic E-state index is 10.9. The van der Waals surface area contributed by atoms with Crippen LogP contribution in [0.4, 0.5) is 0 Å². The fraction of sp³-hybridized carbons (Fsp3) is 0.545. The zero-order valence-electron chi connectivity index (χ0n) is 9.24. The van der Waals surface area contributed by atoms with Crippen LogP contribution in [-0.4, -0.2) is 27.5 Å². The molecule has 4 nitrogen and oxygen atoms in total. The van der Waals surface area contributed by atoms with E-state index in [1.807, 2.05) is 11.5 Å². The van der Waals surface area contributed by atoms with Crippen molar-refractivity contribution in [3.05, 3.63) is 34.7 Å². The minimum atomic E-state index is -0.700. The van der Waals surface area contributed by atoms with Crippen molar-refractivity contribution in [1.82, 2.24) is 4.57 Å². The van der Waals surface area contributed by atoms with Crippen molar-refractivity contribution in [3.63, 3.8) is 0 Å². The van der Waals surface area contributed by atoms with Gasteiger partial charge in [0.2, 0.25) is 0 Å². The molecular formula is C11H18ClNO3. The summed E-state index contributed by atoms with van der Waals surface area (Å²) in [4.78, 5) is 10.9. The zero-order valence-corrected chi connectivity index (χ0v) is 10.1. The standard InChI is InChI=1S/C11H17NO3.ClH/c1-2-9(11(15)8-13)7-12-5-3-10(14)4-6-12;/h3-6,9,11,13,15H,2,7-8H2,1H3;1H. The highest BCUT2D eigenvalue weighted by Crippen LogP contribution is 2.11. The van der Waals surface area contributed by atoms with Crippen LogP contribution in [0.1, 0.15) is 13.3 Å². The van der Waals surface area contributed by atoms with E-state index in [-0.39, 0.29) is 30.4 Å². The molecular weight excluding hydrogens is 230 g/mol. The maximum Gasteiger partial charge on any atom is 0.181 e. The number of hydrogen-bond donors (Lipinski definition) is 2. The molecule has 0 fully saturated rings. The van der Waals surface area contributed by atoms with E-state index in [0.29, 0.717) is 6.54 Å². The van der Waals surface area contributed by atoms with Crippen LogP contribution in [0, 0.1) is 5.92 Å². The van der Waals surface area contributed by atoms with Gasteiger partial charge >= 0.3 is 0 Å². The topological polar surface area (TPSA) is 62.5 Å². The lowest BCUT2D eigenvalue weighted by Gasteiger charge is -2.20. The first-order valence-corrected chi connectivity index (χ1v) is 5.12. The fourth-order valence-electron chi connectivity index (χ4n) is 1.51. The van der Waals surface area contributed by atoms with Crippen LogP contribution in [-0.2, 0) is 6.54 Å². The number of aliphatic hydroxyl groups is 2. The van der Waals surface area contributed by atoms with E-state index in [2.05, 4.69) is 0 Å². The Kier molecular flexibility index (Phi) is 7.05. The van der Waals surface area contributed by atoms with Gasteiger partial charge in [-0.1, -0.05) is 6.92 Å². The molecule has 2 atom stereocenters.